The Kier molecular flexibility index (Phi) is 7.44. The number of hydrogen-bond acceptors (Lipinski definition) is 4. The molecular formula is C17H33NO3. The molecule has 2 saturated carbocycles. The van der Waals surface area contributed by atoms with Gasteiger partial charge in [-0.3, -0.25) is 0 Å². The van der Waals surface area contributed by atoms with Crippen LogP contribution in [0.3, 0.4) is 0 Å². The fourth-order valence-electron chi connectivity index (χ4n) is 4.05. The van der Waals surface area contributed by atoms with E-state index in [2.05, 4.69) is 12.2 Å². The van der Waals surface area contributed by atoms with Gasteiger partial charge in [0.2, 0.25) is 0 Å². The molecule has 2 rings (SSSR count). The molecule has 0 aliphatic heterocycles. The molecule has 2 aliphatic rings. The van der Waals surface area contributed by atoms with Crippen LogP contribution in [0.15, 0.2) is 0 Å². The molecule has 0 amide bonds. The predicted octanol–water partition coefficient (Wildman–Crippen LogP) is 2.76. The van der Waals surface area contributed by atoms with Crippen LogP contribution in [0, 0.1) is 5.41 Å². The van der Waals surface area contributed by atoms with Crippen molar-refractivity contribution in [2.75, 3.05) is 40.1 Å². The van der Waals surface area contributed by atoms with Crippen LogP contribution in [0.4, 0.5) is 0 Å². The maximum Gasteiger partial charge on any atom is 0.0704 e. The summed E-state index contributed by atoms with van der Waals surface area (Å²) >= 11 is 0. The molecule has 2 aliphatic carbocycles. The molecule has 1 N–H and O–H groups in total. The molecule has 4 heteroatoms. The number of ether oxygens (including phenoxy) is 3. The van der Waals surface area contributed by atoms with Crippen molar-refractivity contribution in [3.63, 3.8) is 0 Å². The van der Waals surface area contributed by atoms with Crippen molar-refractivity contribution in [3.8, 4) is 0 Å². The molecule has 0 saturated heterocycles. The van der Waals surface area contributed by atoms with Crippen LogP contribution >= 0.6 is 0 Å². The standard InChI is InChI=1S/C17H33NO3/c1-3-18-15-14-16(17(15)8-5-4-6-9-17)21-13-12-20-11-7-10-19-2/h15-16,18H,3-14H2,1-2H3. The minimum absolute atomic E-state index is 0.421. The maximum absolute atomic E-state index is 6.16. The van der Waals surface area contributed by atoms with Gasteiger partial charge in [0.25, 0.3) is 0 Å². The first-order valence-corrected chi connectivity index (χ1v) is 8.75. The highest BCUT2D eigenvalue weighted by atomic mass is 16.5. The van der Waals surface area contributed by atoms with Crippen LogP contribution in [0.2, 0.25) is 0 Å². The zero-order valence-corrected chi connectivity index (χ0v) is 13.9. The molecule has 0 aromatic rings. The second kappa shape index (κ2) is 9.09. The Morgan fingerprint density at radius 1 is 1.05 bits per heavy atom. The summed E-state index contributed by atoms with van der Waals surface area (Å²) in [5, 5.41) is 3.67. The first kappa shape index (κ1) is 17.2. The third-order valence-electron chi connectivity index (χ3n) is 5.20. The Hall–Kier alpha value is -0.160. The van der Waals surface area contributed by atoms with Crippen molar-refractivity contribution < 1.29 is 14.2 Å². The summed E-state index contributed by atoms with van der Waals surface area (Å²) in [5.41, 5.74) is 0.421. The van der Waals surface area contributed by atoms with E-state index in [1.54, 1.807) is 7.11 Å². The van der Waals surface area contributed by atoms with Crippen molar-refractivity contribution in [2.24, 2.45) is 5.41 Å². The van der Waals surface area contributed by atoms with Crippen LogP contribution in [0.1, 0.15) is 51.9 Å². The predicted molar refractivity (Wildman–Crippen MR) is 84.7 cm³/mol. The van der Waals surface area contributed by atoms with Gasteiger partial charge in [-0.1, -0.05) is 26.2 Å². The lowest BCUT2D eigenvalue weighted by atomic mass is 9.55. The Labute approximate surface area is 129 Å². The molecule has 0 bridgehead atoms. The molecule has 2 unspecified atom stereocenters. The number of rotatable bonds is 10. The van der Waals surface area contributed by atoms with Crippen molar-refractivity contribution >= 4 is 0 Å². The van der Waals surface area contributed by atoms with Crippen LogP contribution in [0.25, 0.3) is 0 Å². The summed E-state index contributed by atoms with van der Waals surface area (Å²) in [5.74, 6) is 0. The quantitative estimate of drug-likeness (QED) is 0.630. The Morgan fingerprint density at radius 3 is 2.57 bits per heavy atom. The maximum atomic E-state index is 6.16. The van der Waals surface area contributed by atoms with Gasteiger partial charge in [-0.25, -0.2) is 0 Å². The minimum atomic E-state index is 0.421. The molecule has 124 valence electrons. The summed E-state index contributed by atoms with van der Waals surface area (Å²) in [6.07, 6.45) is 9.41. The van der Waals surface area contributed by atoms with Gasteiger partial charge in [0.1, 0.15) is 0 Å². The number of methoxy groups -OCH3 is 1. The summed E-state index contributed by atoms with van der Waals surface area (Å²) in [7, 11) is 1.73. The Morgan fingerprint density at radius 2 is 1.86 bits per heavy atom. The van der Waals surface area contributed by atoms with Crippen LogP contribution in [-0.4, -0.2) is 52.2 Å². The molecule has 2 fully saturated rings. The van der Waals surface area contributed by atoms with Gasteiger partial charge in [-0.05, 0) is 32.2 Å². The van der Waals surface area contributed by atoms with Gasteiger partial charge >= 0.3 is 0 Å². The van der Waals surface area contributed by atoms with Crippen molar-refractivity contribution in [2.45, 2.75) is 64.0 Å². The van der Waals surface area contributed by atoms with Gasteiger partial charge in [0.15, 0.2) is 0 Å². The van der Waals surface area contributed by atoms with E-state index >= 15 is 0 Å². The summed E-state index contributed by atoms with van der Waals surface area (Å²) in [6, 6.07) is 0.676. The zero-order valence-electron chi connectivity index (χ0n) is 13.9. The van der Waals surface area contributed by atoms with E-state index in [-0.39, 0.29) is 0 Å². The lowest BCUT2D eigenvalue weighted by molar-refractivity contribution is -0.158. The molecule has 0 radical (unpaired) electrons. The first-order chi connectivity index (χ1) is 10.3. The molecule has 0 aromatic heterocycles. The highest BCUT2D eigenvalue weighted by molar-refractivity contribution is 5.08. The van der Waals surface area contributed by atoms with E-state index in [9.17, 15) is 0 Å². The summed E-state index contributed by atoms with van der Waals surface area (Å²) < 4.78 is 16.7. The second-order valence-corrected chi connectivity index (χ2v) is 6.46. The molecule has 2 atom stereocenters. The van der Waals surface area contributed by atoms with Gasteiger partial charge in [-0.15, -0.1) is 0 Å². The molecular weight excluding hydrogens is 266 g/mol. The van der Waals surface area contributed by atoms with Crippen molar-refractivity contribution in [1.29, 1.82) is 0 Å². The van der Waals surface area contributed by atoms with Gasteiger partial charge in [-0.2, -0.15) is 0 Å². The first-order valence-electron chi connectivity index (χ1n) is 8.75. The van der Waals surface area contributed by atoms with Gasteiger partial charge in [0.05, 0.1) is 19.3 Å². The average molecular weight is 299 g/mol. The smallest absolute Gasteiger partial charge is 0.0704 e. The van der Waals surface area contributed by atoms with Crippen LogP contribution < -0.4 is 5.32 Å². The fourth-order valence-corrected chi connectivity index (χ4v) is 4.05. The fraction of sp³-hybridized carbons (Fsp3) is 1.00. The summed E-state index contributed by atoms with van der Waals surface area (Å²) in [4.78, 5) is 0. The topological polar surface area (TPSA) is 39.7 Å². The minimum Gasteiger partial charge on any atom is -0.385 e. The molecule has 0 aromatic carbocycles. The normalized spacial score (nSPS) is 27.7. The Balaban J connectivity index is 1.65. The van der Waals surface area contributed by atoms with Crippen molar-refractivity contribution in [3.05, 3.63) is 0 Å². The van der Waals surface area contributed by atoms with E-state index in [1.807, 2.05) is 0 Å². The third-order valence-corrected chi connectivity index (χ3v) is 5.20. The van der Waals surface area contributed by atoms with Crippen LogP contribution in [-0.2, 0) is 14.2 Å². The van der Waals surface area contributed by atoms with E-state index in [0.717, 1.165) is 32.8 Å². The highest BCUT2D eigenvalue weighted by Crippen LogP contribution is 2.53. The van der Waals surface area contributed by atoms with E-state index < -0.39 is 0 Å². The summed E-state index contributed by atoms with van der Waals surface area (Å²) in [6.45, 7) is 6.27. The molecule has 4 nitrogen and oxygen atoms in total. The largest absolute Gasteiger partial charge is 0.385 e. The van der Waals surface area contributed by atoms with Crippen LogP contribution in [0.5, 0.6) is 0 Å². The zero-order chi connectivity index (χ0) is 15.0. The van der Waals surface area contributed by atoms with Gasteiger partial charge < -0.3 is 19.5 Å². The van der Waals surface area contributed by atoms with Crippen molar-refractivity contribution in [1.82, 2.24) is 5.32 Å². The highest BCUT2D eigenvalue weighted by Gasteiger charge is 2.55. The molecule has 1 spiro atoms. The van der Waals surface area contributed by atoms with E-state index in [4.69, 9.17) is 14.2 Å². The number of nitrogens with one attached hydrogen (secondary N) is 1. The average Bonchev–Trinajstić information content (AvgIpc) is 2.53. The molecule has 21 heavy (non-hydrogen) atoms. The van der Waals surface area contributed by atoms with E-state index in [0.29, 0.717) is 24.2 Å². The van der Waals surface area contributed by atoms with E-state index in [1.165, 1.54) is 38.5 Å². The second-order valence-electron chi connectivity index (χ2n) is 6.46. The monoisotopic (exact) mass is 299 g/mol. The Bertz CT molecular complexity index is 279. The number of hydrogen-bond donors (Lipinski definition) is 1. The lowest BCUT2D eigenvalue weighted by Crippen LogP contribution is -2.64. The van der Waals surface area contributed by atoms with Gasteiger partial charge in [0, 0.05) is 31.8 Å². The third kappa shape index (κ3) is 4.41. The lowest BCUT2D eigenvalue weighted by Gasteiger charge is -2.58. The SMILES string of the molecule is CCNC1CC(OCCOCCCOC)C12CCCCC2. The molecule has 0 heterocycles.